The van der Waals surface area contributed by atoms with Crippen molar-refractivity contribution in [1.29, 1.82) is 0 Å². The van der Waals surface area contributed by atoms with E-state index < -0.39 is 22.5 Å². The Labute approximate surface area is 202 Å². The number of carbonyl (C=O) groups is 1. The first-order valence-corrected chi connectivity index (χ1v) is 11.9. The first-order chi connectivity index (χ1) is 15.7. The molecular weight excluding hydrogens is 487 g/mol. The normalized spacial score (nSPS) is 11.1. The number of nitrogens with one attached hydrogen (secondary N) is 1. The van der Waals surface area contributed by atoms with Gasteiger partial charge in [-0.15, -0.1) is 0 Å². The molecule has 0 saturated heterocycles. The molecule has 174 valence electrons. The zero-order valence-electron chi connectivity index (χ0n) is 18.1. The summed E-state index contributed by atoms with van der Waals surface area (Å²) in [6.07, 6.45) is 0. The number of ether oxygens (including phenoxy) is 2. The molecule has 0 heterocycles. The van der Waals surface area contributed by atoms with Crippen molar-refractivity contribution in [3.05, 3.63) is 76.3 Å². The lowest BCUT2D eigenvalue weighted by Crippen LogP contribution is -2.38. The number of nitrogens with zero attached hydrogens (tertiary/aromatic N) is 1. The molecule has 0 saturated carbocycles. The van der Waals surface area contributed by atoms with Crippen LogP contribution in [0.25, 0.3) is 0 Å². The van der Waals surface area contributed by atoms with Crippen LogP contribution in [0.3, 0.4) is 0 Å². The van der Waals surface area contributed by atoms with Crippen LogP contribution in [0, 0.1) is 6.92 Å². The Morgan fingerprint density at radius 1 is 0.970 bits per heavy atom. The van der Waals surface area contributed by atoms with Gasteiger partial charge in [0.15, 0.2) is 0 Å². The molecule has 1 amide bonds. The van der Waals surface area contributed by atoms with Crippen molar-refractivity contribution < 1.29 is 22.7 Å². The Kier molecular flexibility index (Phi) is 7.73. The third-order valence-corrected chi connectivity index (χ3v) is 7.10. The SMILES string of the molecule is COc1cc(NC(=O)CN(c2ccc(Cl)cc2C)S(=O)(=O)c2ccccc2)c(OC)cc1Cl. The molecule has 0 aromatic heterocycles. The number of amides is 1. The van der Waals surface area contributed by atoms with E-state index in [9.17, 15) is 13.2 Å². The lowest BCUT2D eigenvalue weighted by molar-refractivity contribution is -0.114. The largest absolute Gasteiger partial charge is 0.495 e. The molecule has 0 unspecified atom stereocenters. The van der Waals surface area contributed by atoms with Gasteiger partial charge in [0.1, 0.15) is 18.0 Å². The van der Waals surface area contributed by atoms with E-state index in [1.807, 2.05) is 0 Å². The van der Waals surface area contributed by atoms with Crippen LogP contribution in [0.15, 0.2) is 65.6 Å². The lowest BCUT2D eigenvalue weighted by Gasteiger charge is -2.26. The van der Waals surface area contributed by atoms with Crippen LogP contribution in [0.2, 0.25) is 10.0 Å². The highest BCUT2D eigenvalue weighted by Gasteiger charge is 2.28. The van der Waals surface area contributed by atoms with Gasteiger partial charge in [-0.3, -0.25) is 9.10 Å². The number of carbonyl (C=O) groups excluding carboxylic acids is 1. The van der Waals surface area contributed by atoms with Crippen LogP contribution >= 0.6 is 23.2 Å². The number of halogens is 2. The second-order valence-corrected chi connectivity index (χ2v) is 9.70. The minimum absolute atomic E-state index is 0.0536. The number of benzene rings is 3. The second-order valence-electron chi connectivity index (χ2n) is 6.99. The number of sulfonamides is 1. The van der Waals surface area contributed by atoms with E-state index in [1.54, 1.807) is 43.3 Å². The molecule has 0 aliphatic heterocycles. The molecule has 3 aromatic rings. The van der Waals surface area contributed by atoms with Crippen molar-refractivity contribution in [2.45, 2.75) is 11.8 Å². The topological polar surface area (TPSA) is 84.9 Å². The average molecular weight is 509 g/mol. The van der Waals surface area contributed by atoms with Crippen LogP contribution in [0.1, 0.15) is 5.56 Å². The van der Waals surface area contributed by atoms with Gasteiger partial charge in [0, 0.05) is 17.2 Å². The maximum absolute atomic E-state index is 13.5. The number of hydrogen-bond acceptors (Lipinski definition) is 5. The van der Waals surface area contributed by atoms with E-state index in [0.717, 1.165) is 4.31 Å². The van der Waals surface area contributed by atoms with Crippen LogP contribution in [0.5, 0.6) is 11.5 Å². The maximum Gasteiger partial charge on any atom is 0.264 e. The third-order valence-electron chi connectivity index (χ3n) is 4.79. The fourth-order valence-electron chi connectivity index (χ4n) is 3.20. The third kappa shape index (κ3) is 5.52. The van der Waals surface area contributed by atoms with Gasteiger partial charge in [-0.2, -0.15) is 0 Å². The zero-order valence-corrected chi connectivity index (χ0v) is 20.5. The molecule has 0 bridgehead atoms. The van der Waals surface area contributed by atoms with Gasteiger partial charge in [0.25, 0.3) is 10.0 Å². The van der Waals surface area contributed by atoms with Gasteiger partial charge >= 0.3 is 0 Å². The summed E-state index contributed by atoms with van der Waals surface area (Å²) < 4.78 is 38.5. The standard InChI is InChI=1S/C23H22Cl2N2O5S/c1-15-11-16(24)9-10-20(15)27(33(29,30)17-7-5-4-6-8-17)14-23(28)26-19-13-21(31-2)18(25)12-22(19)32-3/h4-13H,14H2,1-3H3,(H,26,28). The molecule has 3 aromatic carbocycles. The monoisotopic (exact) mass is 508 g/mol. The van der Waals surface area contributed by atoms with E-state index in [-0.39, 0.29) is 10.6 Å². The maximum atomic E-state index is 13.5. The highest BCUT2D eigenvalue weighted by molar-refractivity contribution is 7.92. The summed E-state index contributed by atoms with van der Waals surface area (Å²) in [5.74, 6) is 0.0379. The van der Waals surface area contributed by atoms with Crippen molar-refractivity contribution in [2.75, 3.05) is 30.4 Å². The molecule has 0 atom stereocenters. The molecule has 3 rings (SSSR count). The fourth-order valence-corrected chi connectivity index (χ4v) is 5.16. The van der Waals surface area contributed by atoms with Crippen LogP contribution in [0.4, 0.5) is 11.4 Å². The number of aryl methyl sites for hydroxylation is 1. The molecular formula is C23H22Cl2N2O5S. The molecule has 10 heteroatoms. The molecule has 0 fully saturated rings. The predicted molar refractivity (Wildman–Crippen MR) is 130 cm³/mol. The Hall–Kier alpha value is -2.94. The Bertz CT molecular complexity index is 1270. The van der Waals surface area contributed by atoms with E-state index in [2.05, 4.69) is 5.32 Å². The fraction of sp³-hybridized carbons (Fsp3) is 0.174. The summed E-state index contributed by atoms with van der Waals surface area (Å²) in [5.41, 5.74) is 1.22. The number of hydrogen-bond donors (Lipinski definition) is 1. The van der Waals surface area contributed by atoms with Crippen molar-refractivity contribution in [3.63, 3.8) is 0 Å². The first-order valence-electron chi connectivity index (χ1n) is 9.72. The molecule has 0 radical (unpaired) electrons. The molecule has 33 heavy (non-hydrogen) atoms. The van der Waals surface area contributed by atoms with Gasteiger partial charge in [-0.25, -0.2) is 8.42 Å². The van der Waals surface area contributed by atoms with Crippen molar-refractivity contribution >= 4 is 50.5 Å². The summed E-state index contributed by atoms with van der Waals surface area (Å²) in [6, 6.07) is 15.7. The number of rotatable bonds is 8. The summed E-state index contributed by atoms with van der Waals surface area (Å²) >= 11 is 12.2. The van der Waals surface area contributed by atoms with Crippen molar-refractivity contribution in [3.8, 4) is 11.5 Å². The summed E-state index contributed by atoms with van der Waals surface area (Å²) in [4.78, 5) is 13.1. The molecule has 7 nitrogen and oxygen atoms in total. The Morgan fingerprint density at radius 2 is 1.64 bits per heavy atom. The number of methoxy groups -OCH3 is 2. The molecule has 1 N–H and O–H groups in total. The first kappa shape index (κ1) is 24.7. The van der Waals surface area contributed by atoms with E-state index >= 15 is 0 Å². The van der Waals surface area contributed by atoms with Crippen LogP contribution in [-0.4, -0.2) is 35.1 Å². The zero-order chi connectivity index (χ0) is 24.2. The highest BCUT2D eigenvalue weighted by atomic mass is 35.5. The molecule has 0 aliphatic rings. The highest BCUT2D eigenvalue weighted by Crippen LogP contribution is 2.36. The van der Waals surface area contributed by atoms with Crippen LogP contribution < -0.4 is 19.1 Å². The summed E-state index contributed by atoms with van der Waals surface area (Å²) in [5, 5.41) is 3.44. The quantitative estimate of drug-likeness (QED) is 0.454. The minimum Gasteiger partial charge on any atom is -0.495 e. The Balaban J connectivity index is 2.00. The minimum atomic E-state index is -4.06. The number of anilines is 2. The summed E-state index contributed by atoms with van der Waals surface area (Å²) in [7, 11) is -1.19. The van der Waals surface area contributed by atoms with Gasteiger partial charge in [-0.1, -0.05) is 41.4 Å². The predicted octanol–water partition coefficient (Wildman–Crippen LogP) is 5.15. The van der Waals surface area contributed by atoms with E-state index in [4.69, 9.17) is 32.7 Å². The van der Waals surface area contributed by atoms with Crippen molar-refractivity contribution in [2.24, 2.45) is 0 Å². The second kappa shape index (κ2) is 10.3. The summed E-state index contributed by atoms with van der Waals surface area (Å²) in [6.45, 7) is 1.23. The smallest absolute Gasteiger partial charge is 0.264 e. The van der Waals surface area contributed by atoms with Gasteiger partial charge < -0.3 is 14.8 Å². The van der Waals surface area contributed by atoms with E-state index in [1.165, 1.54) is 38.5 Å². The molecule has 0 aliphatic carbocycles. The van der Waals surface area contributed by atoms with Crippen LogP contribution in [-0.2, 0) is 14.8 Å². The van der Waals surface area contributed by atoms with Crippen molar-refractivity contribution in [1.82, 2.24) is 0 Å². The van der Waals surface area contributed by atoms with Gasteiger partial charge in [0.05, 0.1) is 35.5 Å². The van der Waals surface area contributed by atoms with E-state index in [0.29, 0.717) is 32.8 Å². The molecule has 0 spiro atoms. The van der Waals surface area contributed by atoms with Gasteiger partial charge in [-0.05, 0) is 42.8 Å². The average Bonchev–Trinajstić information content (AvgIpc) is 2.79. The lowest BCUT2D eigenvalue weighted by atomic mass is 10.2. The Morgan fingerprint density at radius 3 is 2.24 bits per heavy atom. The van der Waals surface area contributed by atoms with Gasteiger partial charge in [0.2, 0.25) is 5.91 Å².